The molecule has 0 bridgehead atoms. The van der Waals surface area contributed by atoms with E-state index in [0.29, 0.717) is 12.5 Å². The summed E-state index contributed by atoms with van der Waals surface area (Å²) in [7, 11) is 0. The highest BCUT2D eigenvalue weighted by Gasteiger charge is 2.66. The van der Waals surface area contributed by atoms with Gasteiger partial charge in [-0.05, 0) is 55.4 Å². The maximum absolute atomic E-state index is 13.5. The third-order valence-corrected chi connectivity index (χ3v) is 6.91. The summed E-state index contributed by atoms with van der Waals surface area (Å²) in [6, 6.07) is 6.32. The molecule has 1 fully saturated rings. The SMILES string of the molecule is CCN1C(=O)C2(N=C1N)c1cc(Br)ccc1CC21CCC(C)CC1. The van der Waals surface area contributed by atoms with Gasteiger partial charge >= 0.3 is 0 Å². The fraction of sp³-hybridized carbons (Fsp3) is 0.579. The Labute approximate surface area is 151 Å². The van der Waals surface area contributed by atoms with Crippen LogP contribution in [0.4, 0.5) is 0 Å². The second-order valence-electron chi connectivity index (χ2n) is 7.67. The van der Waals surface area contributed by atoms with Gasteiger partial charge in [0.15, 0.2) is 11.5 Å². The summed E-state index contributed by atoms with van der Waals surface area (Å²) in [6.45, 7) is 4.85. The highest BCUT2D eigenvalue weighted by molar-refractivity contribution is 9.10. The molecule has 5 heteroatoms. The van der Waals surface area contributed by atoms with E-state index in [4.69, 9.17) is 10.7 Å². The minimum atomic E-state index is -0.813. The average molecular weight is 390 g/mol. The predicted molar refractivity (Wildman–Crippen MR) is 98.6 cm³/mol. The fourth-order valence-electron chi connectivity index (χ4n) is 5.08. The van der Waals surface area contributed by atoms with Crippen LogP contribution >= 0.6 is 15.9 Å². The van der Waals surface area contributed by atoms with Crippen LogP contribution in [0.25, 0.3) is 0 Å². The maximum atomic E-state index is 13.5. The molecule has 24 heavy (non-hydrogen) atoms. The zero-order valence-electron chi connectivity index (χ0n) is 14.3. The zero-order chi connectivity index (χ0) is 17.1. The van der Waals surface area contributed by atoms with Gasteiger partial charge in [0.05, 0.1) is 0 Å². The number of fused-ring (bicyclic) bond motifs is 3. The van der Waals surface area contributed by atoms with Crippen molar-refractivity contribution in [3.05, 3.63) is 33.8 Å². The van der Waals surface area contributed by atoms with E-state index in [2.05, 4.69) is 41.1 Å². The molecule has 2 N–H and O–H groups in total. The molecule has 0 saturated heterocycles. The summed E-state index contributed by atoms with van der Waals surface area (Å²) >= 11 is 3.58. The van der Waals surface area contributed by atoms with Crippen LogP contribution in [0.5, 0.6) is 0 Å². The number of rotatable bonds is 1. The van der Waals surface area contributed by atoms with E-state index in [1.165, 1.54) is 5.56 Å². The summed E-state index contributed by atoms with van der Waals surface area (Å²) in [5.41, 5.74) is 7.59. The Kier molecular flexibility index (Phi) is 3.57. The van der Waals surface area contributed by atoms with Gasteiger partial charge in [-0.2, -0.15) is 0 Å². The van der Waals surface area contributed by atoms with E-state index in [-0.39, 0.29) is 11.3 Å². The van der Waals surface area contributed by atoms with Crippen LogP contribution < -0.4 is 5.73 Å². The quantitative estimate of drug-likeness (QED) is 0.797. The number of benzene rings is 1. The molecule has 1 atom stereocenters. The van der Waals surface area contributed by atoms with Crippen LogP contribution in [-0.4, -0.2) is 23.3 Å². The van der Waals surface area contributed by atoms with Crippen LogP contribution in [0, 0.1) is 11.3 Å². The third-order valence-electron chi connectivity index (χ3n) is 6.42. The monoisotopic (exact) mass is 389 g/mol. The summed E-state index contributed by atoms with van der Waals surface area (Å²) in [5.74, 6) is 1.19. The van der Waals surface area contributed by atoms with E-state index in [0.717, 1.165) is 48.1 Å². The molecular weight excluding hydrogens is 366 g/mol. The normalized spacial score (nSPS) is 35.0. The molecule has 1 aromatic carbocycles. The van der Waals surface area contributed by atoms with Crippen molar-refractivity contribution >= 4 is 27.8 Å². The number of amides is 1. The van der Waals surface area contributed by atoms with Crippen molar-refractivity contribution in [1.29, 1.82) is 0 Å². The number of guanidine groups is 1. The molecule has 0 radical (unpaired) electrons. The van der Waals surface area contributed by atoms with Crippen LogP contribution in [0.2, 0.25) is 0 Å². The highest BCUT2D eigenvalue weighted by Crippen LogP contribution is 2.62. The summed E-state index contributed by atoms with van der Waals surface area (Å²) in [5, 5.41) is 0. The molecule has 128 valence electrons. The van der Waals surface area contributed by atoms with E-state index >= 15 is 0 Å². The average Bonchev–Trinajstić information content (AvgIpc) is 2.97. The van der Waals surface area contributed by atoms with E-state index < -0.39 is 5.54 Å². The van der Waals surface area contributed by atoms with Crippen LogP contribution in [0.3, 0.4) is 0 Å². The van der Waals surface area contributed by atoms with Crippen molar-refractivity contribution < 1.29 is 4.79 Å². The minimum absolute atomic E-state index is 0.0777. The molecule has 1 heterocycles. The Bertz CT molecular complexity index is 736. The lowest BCUT2D eigenvalue weighted by atomic mass is 9.60. The van der Waals surface area contributed by atoms with Crippen molar-refractivity contribution in [3.8, 4) is 0 Å². The third kappa shape index (κ3) is 1.91. The molecule has 3 aliphatic rings. The number of hydrogen-bond donors (Lipinski definition) is 1. The number of carbonyl (C=O) groups excluding carboxylic acids is 1. The Balaban J connectivity index is 1.93. The van der Waals surface area contributed by atoms with Gasteiger partial charge in [0.2, 0.25) is 0 Å². The van der Waals surface area contributed by atoms with Crippen LogP contribution in [0.15, 0.2) is 27.7 Å². The van der Waals surface area contributed by atoms with E-state index in [1.807, 2.05) is 6.92 Å². The number of hydrogen-bond acceptors (Lipinski definition) is 3. The second-order valence-corrected chi connectivity index (χ2v) is 8.59. The number of likely N-dealkylation sites (N-methyl/N-ethyl adjacent to an activating group) is 1. The van der Waals surface area contributed by atoms with Gasteiger partial charge in [-0.1, -0.05) is 41.8 Å². The maximum Gasteiger partial charge on any atom is 0.262 e. The van der Waals surface area contributed by atoms with Crippen molar-refractivity contribution in [3.63, 3.8) is 0 Å². The molecule has 0 aromatic heterocycles. The van der Waals surface area contributed by atoms with Crippen LogP contribution in [0.1, 0.15) is 50.7 Å². The molecule has 1 saturated carbocycles. The minimum Gasteiger partial charge on any atom is -0.369 e. The number of halogens is 1. The van der Waals surface area contributed by atoms with E-state index in [1.54, 1.807) is 4.90 Å². The van der Waals surface area contributed by atoms with Gasteiger partial charge in [-0.25, -0.2) is 4.99 Å². The second kappa shape index (κ2) is 5.32. The lowest BCUT2D eigenvalue weighted by molar-refractivity contribution is -0.137. The van der Waals surface area contributed by atoms with Gasteiger partial charge in [0, 0.05) is 16.4 Å². The predicted octanol–water partition coefficient (Wildman–Crippen LogP) is 3.57. The molecule has 2 spiro atoms. The first kappa shape index (κ1) is 16.1. The Morgan fingerprint density at radius 1 is 1.38 bits per heavy atom. The van der Waals surface area contributed by atoms with Gasteiger partial charge in [0.25, 0.3) is 5.91 Å². The molecule has 2 aliphatic carbocycles. The van der Waals surface area contributed by atoms with Gasteiger partial charge in [0.1, 0.15) is 0 Å². The van der Waals surface area contributed by atoms with Crippen molar-refractivity contribution in [2.45, 2.75) is 51.5 Å². The first-order valence-electron chi connectivity index (χ1n) is 8.90. The Hall–Kier alpha value is -1.36. The lowest BCUT2D eigenvalue weighted by Gasteiger charge is -2.45. The molecule has 4 nitrogen and oxygen atoms in total. The number of nitrogens with two attached hydrogens (primary N) is 1. The molecule has 1 amide bonds. The smallest absolute Gasteiger partial charge is 0.262 e. The number of aliphatic imine (C=N–C) groups is 1. The largest absolute Gasteiger partial charge is 0.369 e. The highest BCUT2D eigenvalue weighted by atomic mass is 79.9. The van der Waals surface area contributed by atoms with Crippen LogP contribution in [-0.2, 0) is 16.8 Å². The van der Waals surface area contributed by atoms with Crippen molar-refractivity contribution in [1.82, 2.24) is 4.90 Å². The fourth-order valence-corrected chi connectivity index (χ4v) is 5.44. The standard InChI is InChI=1S/C19H24BrN3O/c1-3-23-16(24)19(22-17(23)21)15-10-14(20)5-4-13(15)11-18(19)8-6-12(2)7-9-18/h4-5,10,12H,3,6-9,11H2,1-2H3,(H2,21,22). The molecular formula is C19H24BrN3O. The number of carbonyl (C=O) groups is 1. The Morgan fingerprint density at radius 2 is 2.08 bits per heavy atom. The molecule has 1 aliphatic heterocycles. The van der Waals surface area contributed by atoms with Gasteiger partial charge in [-0.3, -0.25) is 9.69 Å². The summed E-state index contributed by atoms with van der Waals surface area (Å²) in [6.07, 6.45) is 5.33. The molecule has 4 rings (SSSR count). The zero-order valence-corrected chi connectivity index (χ0v) is 15.9. The topological polar surface area (TPSA) is 58.7 Å². The number of nitrogens with zero attached hydrogens (tertiary/aromatic N) is 2. The van der Waals surface area contributed by atoms with Crippen molar-refractivity contribution in [2.75, 3.05) is 6.54 Å². The van der Waals surface area contributed by atoms with E-state index in [9.17, 15) is 4.79 Å². The summed E-state index contributed by atoms with van der Waals surface area (Å²) in [4.78, 5) is 20.1. The Morgan fingerprint density at radius 3 is 2.71 bits per heavy atom. The first-order valence-corrected chi connectivity index (χ1v) is 9.69. The lowest BCUT2D eigenvalue weighted by Crippen LogP contribution is -2.51. The van der Waals surface area contributed by atoms with Gasteiger partial charge < -0.3 is 5.73 Å². The molecule has 1 aromatic rings. The van der Waals surface area contributed by atoms with Gasteiger partial charge in [-0.15, -0.1) is 0 Å². The summed E-state index contributed by atoms with van der Waals surface area (Å²) < 4.78 is 0.998. The molecule has 1 unspecified atom stereocenters. The van der Waals surface area contributed by atoms with Crippen molar-refractivity contribution in [2.24, 2.45) is 22.1 Å². The first-order chi connectivity index (χ1) is 11.4.